The largest absolute Gasteiger partial charge is 0.368 e. The van der Waals surface area contributed by atoms with Crippen LogP contribution in [0.4, 0.5) is 17.8 Å². The van der Waals surface area contributed by atoms with Gasteiger partial charge in [-0.1, -0.05) is 0 Å². The van der Waals surface area contributed by atoms with Gasteiger partial charge >= 0.3 is 0 Å². The van der Waals surface area contributed by atoms with Crippen molar-refractivity contribution in [1.82, 2.24) is 15.0 Å². The highest BCUT2D eigenvalue weighted by Gasteiger charge is 2.18. The maximum absolute atomic E-state index is 11.1. The molecule has 1 amide bonds. The second-order valence-corrected chi connectivity index (χ2v) is 4.50. The third kappa shape index (κ3) is 3.21. The Bertz CT molecular complexity index is 458. The topological polar surface area (TPSA) is 109 Å². The number of aromatic nitrogens is 3. The van der Waals surface area contributed by atoms with E-state index in [9.17, 15) is 4.79 Å². The van der Waals surface area contributed by atoms with Crippen molar-refractivity contribution in [1.29, 1.82) is 0 Å². The summed E-state index contributed by atoms with van der Waals surface area (Å²) in [7, 11) is 1.74. The molecule has 1 aliphatic rings. The molecule has 8 heteroatoms. The number of carbonyl (C=O) groups excluding carboxylic acids is 1. The Labute approximate surface area is 111 Å². The maximum atomic E-state index is 11.1. The van der Waals surface area contributed by atoms with Gasteiger partial charge in [0.25, 0.3) is 0 Å². The van der Waals surface area contributed by atoms with Crippen molar-refractivity contribution in [3.05, 3.63) is 0 Å². The number of anilines is 3. The van der Waals surface area contributed by atoms with Crippen molar-refractivity contribution in [3.8, 4) is 0 Å². The number of amides is 1. The number of hydrogen-bond donors (Lipinski definition) is 3. The van der Waals surface area contributed by atoms with Gasteiger partial charge in [-0.2, -0.15) is 15.0 Å². The first kappa shape index (κ1) is 13.3. The number of rotatable bonds is 5. The van der Waals surface area contributed by atoms with Crippen molar-refractivity contribution in [2.75, 3.05) is 35.7 Å². The van der Waals surface area contributed by atoms with Gasteiger partial charge in [-0.05, 0) is 19.8 Å². The van der Waals surface area contributed by atoms with E-state index in [1.165, 1.54) is 0 Å². The molecule has 0 spiro atoms. The summed E-state index contributed by atoms with van der Waals surface area (Å²) in [6.07, 6.45) is 2.28. The Morgan fingerprint density at radius 2 is 1.89 bits per heavy atom. The lowest BCUT2D eigenvalue weighted by Crippen LogP contribution is -2.33. The summed E-state index contributed by atoms with van der Waals surface area (Å²) in [4.78, 5) is 26.0. The number of hydrogen-bond acceptors (Lipinski definition) is 7. The van der Waals surface area contributed by atoms with Gasteiger partial charge in [0.15, 0.2) is 0 Å². The highest BCUT2D eigenvalue weighted by molar-refractivity contribution is 5.81. The number of nitrogens with two attached hydrogens (primary N) is 1. The molecule has 19 heavy (non-hydrogen) atoms. The Hall–Kier alpha value is -2.12. The van der Waals surface area contributed by atoms with Crippen LogP contribution in [-0.2, 0) is 4.79 Å². The van der Waals surface area contributed by atoms with E-state index in [1.807, 2.05) is 0 Å². The van der Waals surface area contributed by atoms with Crippen molar-refractivity contribution in [2.45, 2.75) is 25.8 Å². The van der Waals surface area contributed by atoms with E-state index in [1.54, 1.807) is 14.0 Å². The third-order valence-corrected chi connectivity index (χ3v) is 3.01. The smallest absolute Gasteiger partial charge is 0.239 e. The van der Waals surface area contributed by atoms with E-state index < -0.39 is 11.9 Å². The Balaban J connectivity index is 2.22. The molecule has 8 nitrogen and oxygen atoms in total. The van der Waals surface area contributed by atoms with Gasteiger partial charge in [0.1, 0.15) is 6.04 Å². The average Bonchev–Trinajstić information content (AvgIpc) is 2.92. The number of carbonyl (C=O) groups is 1. The lowest BCUT2D eigenvalue weighted by atomic mass is 10.3. The summed E-state index contributed by atoms with van der Waals surface area (Å²) in [5.41, 5.74) is 5.22. The Morgan fingerprint density at radius 1 is 1.26 bits per heavy atom. The number of primary amides is 1. The van der Waals surface area contributed by atoms with Gasteiger partial charge < -0.3 is 21.3 Å². The second kappa shape index (κ2) is 5.68. The van der Waals surface area contributed by atoms with E-state index in [4.69, 9.17) is 5.73 Å². The predicted octanol–water partition coefficient (Wildman–Crippen LogP) is -0.201. The zero-order chi connectivity index (χ0) is 13.8. The van der Waals surface area contributed by atoms with Crippen LogP contribution in [-0.4, -0.2) is 47.0 Å². The van der Waals surface area contributed by atoms with Crippen LogP contribution in [0.25, 0.3) is 0 Å². The fourth-order valence-electron chi connectivity index (χ4n) is 1.86. The van der Waals surface area contributed by atoms with Gasteiger partial charge in [0.05, 0.1) is 0 Å². The van der Waals surface area contributed by atoms with Crippen LogP contribution in [0.5, 0.6) is 0 Å². The summed E-state index contributed by atoms with van der Waals surface area (Å²) in [6.45, 7) is 3.55. The molecule has 0 bridgehead atoms. The monoisotopic (exact) mass is 265 g/mol. The van der Waals surface area contributed by atoms with E-state index in [2.05, 4.69) is 30.5 Å². The molecule has 0 aliphatic carbocycles. The molecule has 1 aliphatic heterocycles. The highest BCUT2D eigenvalue weighted by Crippen LogP contribution is 2.18. The van der Waals surface area contributed by atoms with Crippen LogP contribution in [0.3, 0.4) is 0 Å². The van der Waals surface area contributed by atoms with Crippen LogP contribution < -0.4 is 21.3 Å². The van der Waals surface area contributed by atoms with Crippen LogP contribution in [0.2, 0.25) is 0 Å². The molecule has 0 radical (unpaired) electrons. The van der Waals surface area contributed by atoms with Crippen LogP contribution in [0.15, 0.2) is 0 Å². The van der Waals surface area contributed by atoms with Gasteiger partial charge in [0, 0.05) is 20.1 Å². The molecule has 1 aromatic heterocycles. The molecule has 0 saturated carbocycles. The lowest BCUT2D eigenvalue weighted by Gasteiger charge is -2.17. The summed E-state index contributed by atoms with van der Waals surface area (Å²) in [5, 5.41) is 5.77. The molecule has 1 unspecified atom stereocenters. The first-order chi connectivity index (χ1) is 9.10. The fourth-order valence-corrected chi connectivity index (χ4v) is 1.86. The average molecular weight is 265 g/mol. The van der Waals surface area contributed by atoms with E-state index in [0.29, 0.717) is 17.8 Å². The number of nitrogens with zero attached hydrogens (tertiary/aromatic N) is 4. The van der Waals surface area contributed by atoms with E-state index in [-0.39, 0.29) is 0 Å². The van der Waals surface area contributed by atoms with Gasteiger partial charge in [-0.15, -0.1) is 0 Å². The summed E-state index contributed by atoms with van der Waals surface area (Å²) < 4.78 is 0. The minimum Gasteiger partial charge on any atom is -0.368 e. The minimum atomic E-state index is -0.529. The molecule has 1 fully saturated rings. The number of nitrogens with one attached hydrogen (secondary N) is 2. The second-order valence-electron chi connectivity index (χ2n) is 4.50. The molecular weight excluding hydrogens is 246 g/mol. The zero-order valence-electron chi connectivity index (χ0n) is 11.2. The molecule has 0 aromatic carbocycles. The van der Waals surface area contributed by atoms with Crippen molar-refractivity contribution >= 4 is 23.8 Å². The van der Waals surface area contributed by atoms with E-state index in [0.717, 1.165) is 25.9 Å². The molecule has 2 heterocycles. The molecule has 2 rings (SSSR count). The first-order valence-electron chi connectivity index (χ1n) is 6.35. The van der Waals surface area contributed by atoms with E-state index >= 15 is 0 Å². The summed E-state index contributed by atoms with van der Waals surface area (Å²) in [6, 6.07) is -0.529. The molecule has 1 atom stereocenters. The van der Waals surface area contributed by atoms with Crippen LogP contribution in [0.1, 0.15) is 19.8 Å². The highest BCUT2D eigenvalue weighted by atomic mass is 16.1. The molecule has 4 N–H and O–H groups in total. The predicted molar refractivity (Wildman–Crippen MR) is 73.1 cm³/mol. The fraction of sp³-hybridized carbons (Fsp3) is 0.636. The molecule has 1 saturated heterocycles. The van der Waals surface area contributed by atoms with Crippen molar-refractivity contribution in [2.24, 2.45) is 5.73 Å². The minimum absolute atomic E-state index is 0.354. The van der Waals surface area contributed by atoms with Gasteiger partial charge in [-0.3, -0.25) is 4.79 Å². The van der Waals surface area contributed by atoms with Gasteiger partial charge in [-0.25, -0.2) is 0 Å². The summed E-state index contributed by atoms with van der Waals surface area (Å²) in [5.74, 6) is 0.994. The quantitative estimate of drug-likeness (QED) is 0.676. The van der Waals surface area contributed by atoms with Gasteiger partial charge in [0.2, 0.25) is 23.8 Å². The standard InChI is InChI=1S/C11H19N7O/c1-7(8(12)19)14-10-15-9(13-2)16-11(17-10)18-5-3-4-6-18/h7H,3-6H2,1-2H3,(H2,12,19)(H2,13,14,15,16,17). The van der Waals surface area contributed by atoms with Crippen molar-refractivity contribution < 1.29 is 4.79 Å². The van der Waals surface area contributed by atoms with Crippen molar-refractivity contribution in [3.63, 3.8) is 0 Å². The maximum Gasteiger partial charge on any atom is 0.239 e. The Morgan fingerprint density at radius 3 is 2.47 bits per heavy atom. The first-order valence-corrected chi connectivity index (χ1v) is 6.35. The molecule has 104 valence electrons. The lowest BCUT2D eigenvalue weighted by molar-refractivity contribution is -0.118. The summed E-state index contributed by atoms with van der Waals surface area (Å²) >= 11 is 0. The SMILES string of the molecule is CNc1nc(NC(C)C(N)=O)nc(N2CCCC2)n1. The normalized spacial score (nSPS) is 16.2. The molecule has 1 aromatic rings. The third-order valence-electron chi connectivity index (χ3n) is 3.01. The van der Waals surface area contributed by atoms with Crippen LogP contribution >= 0.6 is 0 Å². The molecular formula is C11H19N7O. The van der Waals surface area contributed by atoms with Crippen LogP contribution in [0, 0.1) is 0 Å². The zero-order valence-corrected chi connectivity index (χ0v) is 11.2. The Kier molecular flexibility index (Phi) is 3.98.